The molecule has 12 heavy (non-hydrogen) atoms. The van der Waals surface area contributed by atoms with Gasteiger partial charge in [0.25, 0.3) is 0 Å². The van der Waals surface area contributed by atoms with Gasteiger partial charge >= 0.3 is 5.69 Å². The number of hydrogen-bond acceptors (Lipinski definition) is 3. The van der Waals surface area contributed by atoms with Crippen molar-refractivity contribution in [3.05, 3.63) is 16.3 Å². The second-order valence-corrected chi connectivity index (χ2v) is 3.30. The summed E-state index contributed by atoms with van der Waals surface area (Å²) in [7, 11) is 0. The molecule has 66 valence electrons. The van der Waals surface area contributed by atoms with Crippen molar-refractivity contribution in [2.24, 2.45) is 5.92 Å². The largest absolute Gasteiger partial charge is 0.340 e. The smallest absolute Gasteiger partial charge is 0.316 e. The third-order valence-corrected chi connectivity index (χ3v) is 2.39. The van der Waals surface area contributed by atoms with Crippen LogP contribution < -0.4 is 11.0 Å². The summed E-state index contributed by atoms with van der Waals surface area (Å²) in [6, 6.07) is 0. The van der Waals surface area contributed by atoms with Gasteiger partial charge in [0.05, 0.1) is 0 Å². The van der Waals surface area contributed by atoms with Crippen LogP contribution in [0.4, 0.5) is 0 Å². The maximum absolute atomic E-state index is 10.8. The number of nitrogens with one attached hydrogen (secondary N) is 3. The summed E-state index contributed by atoms with van der Waals surface area (Å²) in [6.45, 7) is 4.05. The van der Waals surface area contributed by atoms with E-state index in [9.17, 15) is 4.79 Å². The van der Waals surface area contributed by atoms with Crippen molar-refractivity contribution < 1.29 is 0 Å². The first kappa shape index (κ1) is 7.54. The van der Waals surface area contributed by atoms with Crippen LogP contribution in [0.5, 0.6) is 0 Å². The lowest BCUT2D eigenvalue weighted by atomic mass is 9.98. The van der Waals surface area contributed by atoms with E-state index in [1.807, 2.05) is 0 Å². The van der Waals surface area contributed by atoms with Crippen molar-refractivity contribution in [2.45, 2.75) is 12.8 Å². The van der Waals surface area contributed by atoms with Crippen LogP contribution in [0.25, 0.3) is 0 Å². The van der Waals surface area contributed by atoms with Gasteiger partial charge in [0.15, 0.2) is 0 Å². The number of hydrogen-bond donors (Lipinski definition) is 3. The molecule has 5 heteroatoms. The molecule has 0 amide bonds. The fourth-order valence-electron chi connectivity index (χ4n) is 1.63. The molecule has 1 fully saturated rings. The van der Waals surface area contributed by atoms with Gasteiger partial charge in [0.2, 0.25) is 0 Å². The minimum absolute atomic E-state index is 0.218. The molecular formula is C7H12N4O. The highest BCUT2D eigenvalue weighted by atomic mass is 16.1. The first-order valence-electron chi connectivity index (χ1n) is 4.12. The molecule has 2 atom stereocenters. The van der Waals surface area contributed by atoms with E-state index in [4.69, 9.17) is 0 Å². The van der Waals surface area contributed by atoms with Crippen LogP contribution in [-0.2, 0) is 0 Å². The lowest BCUT2D eigenvalue weighted by Gasteiger charge is -2.08. The molecule has 1 aliphatic rings. The average Bonchev–Trinajstić information content (AvgIpc) is 2.58. The molecule has 2 rings (SSSR count). The van der Waals surface area contributed by atoms with Gasteiger partial charge in [0, 0.05) is 12.5 Å². The van der Waals surface area contributed by atoms with Gasteiger partial charge in [-0.2, -0.15) is 5.10 Å². The molecule has 0 spiro atoms. The molecule has 0 unspecified atom stereocenters. The number of aromatic nitrogens is 3. The third kappa shape index (κ3) is 1.16. The number of nitrogens with zero attached hydrogens (tertiary/aromatic N) is 1. The van der Waals surface area contributed by atoms with Gasteiger partial charge < -0.3 is 5.32 Å². The second-order valence-electron chi connectivity index (χ2n) is 3.30. The summed E-state index contributed by atoms with van der Waals surface area (Å²) in [6.07, 6.45) is 0. The maximum atomic E-state index is 10.8. The summed E-state index contributed by atoms with van der Waals surface area (Å²) in [5.74, 6) is 1.67. The van der Waals surface area contributed by atoms with Crippen molar-refractivity contribution in [2.75, 3.05) is 13.1 Å². The van der Waals surface area contributed by atoms with Crippen LogP contribution >= 0.6 is 0 Å². The van der Waals surface area contributed by atoms with E-state index in [1.165, 1.54) is 0 Å². The zero-order valence-corrected chi connectivity index (χ0v) is 6.92. The maximum Gasteiger partial charge on any atom is 0.340 e. The summed E-state index contributed by atoms with van der Waals surface area (Å²) in [5.41, 5.74) is -0.218. The zero-order chi connectivity index (χ0) is 8.55. The van der Waals surface area contributed by atoms with Crippen molar-refractivity contribution in [1.29, 1.82) is 0 Å². The Morgan fingerprint density at radius 3 is 2.83 bits per heavy atom. The van der Waals surface area contributed by atoms with E-state index in [2.05, 4.69) is 27.4 Å². The molecule has 0 radical (unpaired) electrons. The normalized spacial score (nSPS) is 29.4. The van der Waals surface area contributed by atoms with E-state index >= 15 is 0 Å². The predicted molar refractivity (Wildman–Crippen MR) is 44.0 cm³/mol. The Bertz CT molecular complexity index is 315. The van der Waals surface area contributed by atoms with Crippen LogP contribution in [0.1, 0.15) is 18.7 Å². The van der Waals surface area contributed by atoms with Crippen molar-refractivity contribution in [1.82, 2.24) is 20.5 Å². The minimum atomic E-state index is -0.218. The first-order valence-corrected chi connectivity index (χ1v) is 4.12. The second kappa shape index (κ2) is 2.75. The van der Waals surface area contributed by atoms with E-state index in [0.717, 1.165) is 18.9 Å². The van der Waals surface area contributed by atoms with E-state index < -0.39 is 0 Å². The van der Waals surface area contributed by atoms with Crippen LogP contribution in [-0.4, -0.2) is 28.3 Å². The Kier molecular flexibility index (Phi) is 1.73. The van der Waals surface area contributed by atoms with Crippen LogP contribution in [0, 0.1) is 5.92 Å². The van der Waals surface area contributed by atoms with E-state index in [1.54, 1.807) is 0 Å². The number of H-pyrrole nitrogens is 2. The Labute approximate surface area is 69.6 Å². The molecule has 0 aromatic carbocycles. The minimum Gasteiger partial charge on any atom is -0.316 e. The fraction of sp³-hybridized carbons (Fsp3) is 0.714. The highest BCUT2D eigenvalue weighted by Crippen LogP contribution is 2.23. The van der Waals surface area contributed by atoms with Gasteiger partial charge in [-0.1, -0.05) is 6.92 Å². The van der Waals surface area contributed by atoms with Crippen LogP contribution in [0.2, 0.25) is 0 Å². The van der Waals surface area contributed by atoms with Gasteiger partial charge in [-0.05, 0) is 12.5 Å². The molecule has 0 saturated carbocycles. The average molecular weight is 168 g/mol. The van der Waals surface area contributed by atoms with Gasteiger partial charge in [-0.25, -0.2) is 9.89 Å². The SMILES string of the molecule is C[C@@H]1CNC[C@H]1c1n[nH]c(=O)[nH]1. The standard InChI is InChI=1S/C7H12N4O/c1-4-2-8-3-5(4)6-9-7(12)11-10-6/h4-5,8H,2-3H2,1H3,(H2,9,10,11,12)/t4-,5-/m1/s1. The van der Waals surface area contributed by atoms with Gasteiger partial charge in [0.1, 0.15) is 5.82 Å². The Morgan fingerprint density at radius 2 is 2.33 bits per heavy atom. The molecule has 5 nitrogen and oxygen atoms in total. The van der Waals surface area contributed by atoms with Crippen LogP contribution in [0.15, 0.2) is 4.79 Å². The molecule has 1 saturated heterocycles. The van der Waals surface area contributed by atoms with Crippen molar-refractivity contribution in [3.8, 4) is 0 Å². The predicted octanol–water partition coefficient (Wildman–Crippen LogP) is -0.579. The molecule has 1 aliphatic heterocycles. The summed E-state index contributed by atoms with van der Waals surface area (Å²) in [4.78, 5) is 13.4. The third-order valence-electron chi connectivity index (χ3n) is 2.39. The monoisotopic (exact) mass is 168 g/mol. The van der Waals surface area contributed by atoms with Crippen molar-refractivity contribution in [3.63, 3.8) is 0 Å². The first-order chi connectivity index (χ1) is 5.77. The zero-order valence-electron chi connectivity index (χ0n) is 6.92. The molecule has 0 bridgehead atoms. The number of aromatic amines is 2. The van der Waals surface area contributed by atoms with Crippen molar-refractivity contribution >= 4 is 0 Å². The lowest BCUT2D eigenvalue weighted by Crippen LogP contribution is -2.10. The Hall–Kier alpha value is -1.10. The molecule has 1 aromatic rings. The summed E-state index contributed by atoms with van der Waals surface area (Å²) >= 11 is 0. The molecular weight excluding hydrogens is 156 g/mol. The Morgan fingerprint density at radius 1 is 1.50 bits per heavy atom. The topological polar surface area (TPSA) is 73.6 Å². The molecule has 1 aromatic heterocycles. The quantitative estimate of drug-likeness (QED) is 0.525. The fourth-order valence-corrected chi connectivity index (χ4v) is 1.63. The highest BCUT2D eigenvalue weighted by molar-refractivity contribution is 5.00. The summed E-state index contributed by atoms with van der Waals surface area (Å²) < 4.78 is 0. The van der Waals surface area contributed by atoms with E-state index in [0.29, 0.717) is 11.8 Å². The van der Waals surface area contributed by atoms with Gasteiger partial charge in [-0.15, -0.1) is 0 Å². The lowest BCUT2D eigenvalue weighted by molar-refractivity contribution is 0.547. The van der Waals surface area contributed by atoms with E-state index in [-0.39, 0.29) is 5.69 Å². The Balaban J connectivity index is 2.24. The number of rotatable bonds is 1. The van der Waals surface area contributed by atoms with Gasteiger partial charge in [-0.3, -0.25) is 4.98 Å². The molecule has 2 heterocycles. The summed E-state index contributed by atoms with van der Waals surface area (Å²) in [5, 5.41) is 9.55. The molecule has 3 N–H and O–H groups in total. The van der Waals surface area contributed by atoms with Crippen LogP contribution in [0.3, 0.4) is 0 Å². The highest BCUT2D eigenvalue weighted by Gasteiger charge is 2.26. The molecule has 0 aliphatic carbocycles.